The molecule has 3 aromatic carbocycles. The van der Waals surface area contributed by atoms with E-state index in [1.54, 1.807) is 36.4 Å². The number of hydrogen-bond acceptors (Lipinski definition) is 4. The van der Waals surface area contributed by atoms with Gasteiger partial charge in [-0.15, -0.1) is 0 Å². The Kier molecular flexibility index (Phi) is 8.71. The van der Waals surface area contributed by atoms with Crippen LogP contribution < -0.4 is 14.8 Å². The first-order chi connectivity index (χ1) is 16.7. The van der Waals surface area contributed by atoms with Gasteiger partial charge in [0.25, 0.3) is 5.91 Å². The molecule has 3 rings (SSSR count). The smallest absolute Gasteiger partial charge is 0.338 e. The fourth-order valence-corrected chi connectivity index (χ4v) is 3.71. The van der Waals surface area contributed by atoms with Crippen LogP contribution >= 0.6 is 11.6 Å². The number of rotatable bonds is 10. The summed E-state index contributed by atoms with van der Waals surface area (Å²) in [4.78, 5) is 24.2. The lowest BCUT2D eigenvalue weighted by atomic mass is 9.99. The monoisotopic (exact) mass is 499 g/mol. The van der Waals surface area contributed by atoms with Crippen molar-refractivity contribution < 1.29 is 28.6 Å². The summed E-state index contributed by atoms with van der Waals surface area (Å²) in [5.74, 6) is -1.46. The number of carboxylic acid groups (broad SMARTS) is 1. The van der Waals surface area contributed by atoms with Crippen molar-refractivity contribution in [1.82, 2.24) is 5.32 Å². The molecule has 0 spiro atoms. The van der Waals surface area contributed by atoms with Gasteiger partial charge < -0.3 is 19.9 Å². The number of ether oxygens (including phenoxy) is 2. The maximum Gasteiger partial charge on any atom is 0.338 e. The second-order valence-electron chi connectivity index (χ2n) is 8.13. The van der Waals surface area contributed by atoms with E-state index in [0.717, 1.165) is 6.42 Å². The van der Waals surface area contributed by atoms with E-state index >= 15 is 0 Å². The van der Waals surface area contributed by atoms with Crippen molar-refractivity contribution in [2.45, 2.75) is 39.8 Å². The van der Waals surface area contributed by atoms with Crippen molar-refractivity contribution in [3.8, 4) is 22.6 Å². The molecule has 0 bridgehead atoms. The Bertz CT molecular complexity index is 1230. The van der Waals surface area contributed by atoms with E-state index in [1.807, 2.05) is 20.8 Å². The van der Waals surface area contributed by atoms with Gasteiger partial charge in [-0.2, -0.15) is 0 Å². The fourth-order valence-electron chi connectivity index (χ4n) is 3.45. The normalized spacial score (nSPS) is 10.8. The van der Waals surface area contributed by atoms with Gasteiger partial charge in [0, 0.05) is 17.7 Å². The van der Waals surface area contributed by atoms with Crippen molar-refractivity contribution in [2.75, 3.05) is 6.61 Å². The Labute approximate surface area is 208 Å². The van der Waals surface area contributed by atoms with Gasteiger partial charge in [0.15, 0.2) is 0 Å². The maximum absolute atomic E-state index is 14.8. The average molecular weight is 500 g/mol. The van der Waals surface area contributed by atoms with Crippen LogP contribution in [0, 0.1) is 5.82 Å². The molecule has 3 aromatic rings. The summed E-state index contributed by atoms with van der Waals surface area (Å²) in [6, 6.07) is 14.1. The average Bonchev–Trinajstić information content (AvgIpc) is 2.81. The van der Waals surface area contributed by atoms with E-state index < -0.39 is 23.3 Å². The van der Waals surface area contributed by atoms with Gasteiger partial charge in [0.05, 0.1) is 28.9 Å². The van der Waals surface area contributed by atoms with Gasteiger partial charge in [-0.25, -0.2) is 9.18 Å². The van der Waals surface area contributed by atoms with E-state index in [9.17, 15) is 19.1 Å². The highest BCUT2D eigenvalue weighted by Gasteiger charge is 2.17. The van der Waals surface area contributed by atoms with E-state index in [0.29, 0.717) is 29.2 Å². The molecule has 6 nitrogen and oxygen atoms in total. The molecule has 0 aliphatic carbocycles. The summed E-state index contributed by atoms with van der Waals surface area (Å²) in [6.07, 6.45) is 0.754. The number of aromatic carboxylic acids is 1. The molecule has 0 atom stereocenters. The first kappa shape index (κ1) is 26.0. The quantitative estimate of drug-likeness (QED) is 0.339. The van der Waals surface area contributed by atoms with Crippen molar-refractivity contribution in [3.05, 3.63) is 82.1 Å². The Morgan fingerprint density at radius 2 is 1.86 bits per heavy atom. The predicted octanol–water partition coefficient (Wildman–Crippen LogP) is 6.35. The van der Waals surface area contributed by atoms with Crippen LogP contribution in [0.1, 0.15) is 53.5 Å². The second kappa shape index (κ2) is 11.7. The highest BCUT2D eigenvalue weighted by atomic mass is 35.5. The number of carbonyl (C=O) groups excluding carboxylic acids is 1. The first-order valence-electron chi connectivity index (χ1n) is 11.2. The van der Waals surface area contributed by atoms with Crippen LogP contribution in [0.2, 0.25) is 5.02 Å². The zero-order valence-electron chi connectivity index (χ0n) is 19.7. The van der Waals surface area contributed by atoms with E-state index in [1.165, 1.54) is 18.2 Å². The van der Waals surface area contributed by atoms with Crippen LogP contribution in [0.25, 0.3) is 11.1 Å². The number of benzene rings is 3. The zero-order chi connectivity index (χ0) is 25.5. The third kappa shape index (κ3) is 6.51. The van der Waals surface area contributed by atoms with E-state index in [-0.39, 0.29) is 28.8 Å². The lowest BCUT2D eigenvalue weighted by Gasteiger charge is -2.15. The van der Waals surface area contributed by atoms with Crippen LogP contribution in [0.3, 0.4) is 0 Å². The van der Waals surface area contributed by atoms with Gasteiger partial charge >= 0.3 is 5.97 Å². The number of carboxylic acids is 1. The molecule has 0 saturated heterocycles. The third-order valence-electron chi connectivity index (χ3n) is 5.06. The number of amides is 1. The summed E-state index contributed by atoms with van der Waals surface area (Å²) in [5, 5.41) is 12.3. The molecular weight excluding hydrogens is 473 g/mol. The van der Waals surface area contributed by atoms with Crippen molar-refractivity contribution in [2.24, 2.45) is 0 Å². The summed E-state index contributed by atoms with van der Waals surface area (Å²) in [5.41, 5.74) is 1.09. The molecule has 1 amide bonds. The molecule has 0 fully saturated rings. The van der Waals surface area contributed by atoms with Crippen molar-refractivity contribution in [1.29, 1.82) is 0 Å². The zero-order valence-corrected chi connectivity index (χ0v) is 20.5. The standard InChI is InChI=1S/C27H27ClFNO5/c1-4-12-34-24-11-8-17(20-6-5-7-22(25(20)29)27(32)33)13-18(24)15-30-26(31)21-10-9-19(14-23(21)28)35-16(2)3/h5-11,13-14,16H,4,12,15H2,1-3H3,(H,30,31)(H,32,33). The number of halogens is 2. The van der Waals surface area contributed by atoms with Gasteiger partial charge in [0.1, 0.15) is 17.3 Å². The summed E-state index contributed by atoms with van der Waals surface area (Å²) < 4.78 is 26.2. The largest absolute Gasteiger partial charge is 0.493 e. The highest BCUT2D eigenvalue weighted by molar-refractivity contribution is 6.34. The highest BCUT2D eigenvalue weighted by Crippen LogP contribution is 2.30. The van der Waals surface area contributed by atoms with Crippen LogP contribution in [0.4, 0.5) is 4.39 Å². The second-order valence-corrected chi connectivity index (χ2v) is 8.54. The van der Waals surface area contributed by atoms with Crippen LogP contribution in [-0.4, -0.2) is 29.7 Å². The third-order valence-corrected chi connectivity index (χ3v) is 5.37. The number of hydrogen-bond donors (Lipinski definition) is 2. The Morgan fingerprint density at radius 1 is 1.09 bits per heavy atom. The molecule has 35 heavy (non-hydrogen) atoms. The molecule has 0 radical (unpaired) electrons. The Morgan fingerprint density at radius 3 is 2.51 bits per heavy atom. The van der Waals surface area contributed by atoms with Crippen molar-refractivity contribution >= 4 is 23.5 Å². The molecule has 0 unspecified atom stereocenters. The molecule has 0 saturated carbocycles. The minimum atomic E-state index is -1.35. The minimum absolute atomic E-state index is 0.0272. The summed E-state index contributed by atoms with van der Waals surface area (Å²) in [6.45, 7) is 6.31. The first-order valence-corrected chi connectivity index (χ1v) is 11.6. The van der Waals surface area contributed by atoms with E-state index in [4.69, 9.17) is 21.1 Å². The fraction of sp³-hybridized carbons (Fsp3) is 0.259. The van der Waals surface area contributed by atoms with Crippen LogP contribution in [0.15, 0.2) is 54.6 Å². The Balaban J connectivity index is 1.87. The summed E-state index contributed by atoms with van der Waals surface area (Å²) >= 11 is 6.30. The van der Waals surface area contributed by atoms with Gasteiger partial charge in [-0.1, -0.05) is 36.7 Å². The van der Waals surface area contributed by atoms with Gasteiger partial charge in [-0.3, -0.25) is 4.79 Å². The molecule has 8 heteroatoms. The molecule has 0 heterocycles. The Hall–Kier alpha value is -3.58. The van der Waals surface area contributed by atoms with Gasteiger partial charge in [-0.05, 0) is 62.2 Å². The molecular formula is C27H27ClFNO5. The topological polar surface area (TPSA) is 84.9 Å². The number of carbonyl (C=O) groups is 2. The number of nitrogens with one attached hydrogen (secondary N) is 1. The van der Waals surface area contributed by atoms with Crippen molar-refractivity contribution in [3.63, 3.8) is 0 Å². The van der Waals surface area contributed by atoms with E-state index in [2.05, 4.69) is 5.32 Å². The SMILES string of the molecule is CCCOc1ccc(-c2cccc(C(=O)O)c2F)cc1CNC(=O)c1ccc(OC(C)C)cc1Cl. The molecule has 0 aliphatic rings. The van der Waals surface area contributed by atoms with Crippen LogP contribution in [-0.2, 0) is 6.54 Å². The lowest BCUT2D eigenvalue weighted by molar-refractivity contribution is 0.0691. The van der Waals surface area contributed by atoms with Gasteiger partial charge in [0.2, 0.25) is 0 Å². The summed E-state index contributed by atoms with van der Waals surface area (Å²) in [7, 11) is 0. The lowest BCUT2D eigenvalue weighted by Crippen LogP contribution is -2.23. The minimum Gasteiger partial charge on any atom is -0.493 e. The maximum atomic E-state index is 14.8. The molecule has 0 aromatic heterocycles. The molecule has 0 aliphatic heterocycles. The molecule has 184 valence electrons. The van der Waals surface area contributed by atoms with Crippen LogP contribution in [0.5, 0.6) is 11.5 Å². The molecule has 2 N–H and O–H groups in total. The predicted molar refractivity (Wildman–Crippen MR) is 133 cm³/mol.